The Kier molecular flexibility index (Phi) is 5.46. The Morgan fingerprint density at radius 1 is 1.30 bits per heavy atom. The highest BCUT2D eigenvalue weighted by molar-refractivity contribution is 5.92. The SMILES string of the molecule is C=CC(=O)NC(C)COC(=O)c1ccc(C(=O)O)cc1. The van der Waals surface area contributed by atoms with Gasteiger partial charge >= 0.3 is 11.9 Å². The van der Waals surface area contributed by atoms with E-state index in [0.717, 1.165) is 6.08 Å². The number of hydrogen-bond acceptors (Lipinski definition) is 4. The third-order valence-corrected chi connectivity index (χ3v) is 2.41. The van der Waals surface area contributed by atoms with Crippen LogP contribution in [0.5, 0.6) is 0 Å². The van der Waals surface area contributed by atoms with Crippen LogP contribution < -0.4 is 5.32 Å². The third kappa shape index (κ3) is 4.56. The van der Waals surface area contributed by atoms with Crippen molar-refractivity contribution < 1.29 is 24.2 Å². The van der Waals surface area contributed by atoms with Gasteiger partial charge in [0, 0.05) is 0 Å². The van der Waals surface area contributed by atoms with Crippen molar-refractivity contribution >= 4 is 17.8 Å². The van der Waals surface area contributed by atoms with Crippen molar-refractivity contribution in [1.82, 2.24) is 5.32 Å². The van der Waals surface area contributed by atoms with Crippen LogP contribution in [0.1, 0.15) is 27.6 Å². The first-order chi connectivity index (χ1) is 9.43. The van der Waals surface area contributed by atoms with Crippen molar-refractivity contribution in [2.24, 2.45) is 0 Å². The molecule has 0 saturated carbocycles. The number of carbonyl (C=O) groups excluding carboxylic acids is 2. The molecule has 6 nitrogen and oxygen atoms in total. The summed E-state index contributed by atoms with van der Waals surface area (Å²) in [5.74, 6) is -1.99. The fraction of sp³-hybridized carbons (Fsp3) is 0.214. The zero-order valence-electron chi connectivity index (χ0n) is 11.0. The zero-order chi connectivity index (χ0) is 15.1. The Bertz CT molecular complexity index is 521. The zero-order valence-corrected chi connectivity index (χ0v) is 11.0. The van der Waals surface area contributed by atoms with Crippen LogP contribution in [0.25, 0.3) is 0 Å². The first-order valence-corrected chi connectivity index (χ1v) is 5.87. The molecule has 1 rings (SSSR count). The minimum atomic E-state index is -1.06. The van der Waals surface area contributed by atoms with E-state index in [4.69, 9.17) is 9.84 Å². The smallest absolute Gasteiger partial charge is 0.338 e. The second-order valence-electron chi connectivity index (χ2n) is 4.09. The van der Waals surface area contributed by atoms with Crippen molar-refractivity contribution in [2.45, 2.75) is 13.0 Å². The molecule has 6 heteroatoms. The molecule has 0 spiro atoms. The molecule has 0 aliphatic heterocycles. The van der Waals surface area contributed by atoms with E-state index in [1.807, 2.05) is 0 Å². The van der Waals surface area contributed by atoms with Crippen LogP contribution >= 0.6 is 0 Å². The molecule has 1 unspecified atom stereocenters. The Balaban J connectivity index is 2.52. The fourth-order valence-electron chi connectivity index (χ4n) is 1.38. The standard InChI is InChI=1S/C14H15NO5/c1-3-12(16)15-9(2)8-20-14(19)11-6-4-10(5-7-11)13(17)18/h3-7,9H,1,8H2,2H3,(H,15,16)(H,17,18). The molecule has 2 N–H and O–H groups in total. The third-order valence-electron chi connectivity index (χ3n) is 2.41. The van der Waals surface area contributed by atoms with E-state index in [1.165, 1.54) is 24.3 Å². The van der Waals surface area contributed by atoms with Crippen LogP contribution in [-0.2, 0) is 9.53 Å². The highest BCUT2D eigenvalue weighted by Crippen LogP contribution is 2.06. The van der Waals surface area contributed by atoms with E-state index in [0.29, 0.717) is 0 Å². The van der Waals surface area contributed by atoms with Gasteiger partial charge in [0.1, 0.15) is 6.61 Å². The number of rotatable bonds is 6. The van der Waals surface area contributed by atoms with Crippen LogP contribution in [-0.4, -0.2) is 35.6 Å². The van der Waals surface area contributed by atoms with E-state index in [2.05, 4.69) is 11.9 Å². The summed E-state index contributed by atoms with van der Waals surface area (Å²) in [7, 11) is 0. The normalized spacial score (nSPS) is 11.2. The Hall–Kier alpha value is -2.63. The molecule has 1 amide bonds. The highest BCUT2D eigenvalue weighted by atomic mass is 16.5. The maximum atomic E-state index is 11.7. The van der Waals surface area contributed by atoms with Gasteiger partial charge in [-0.05, 0) is 37.3 Å². The summed E-state index contributed by atoms with van der Waals surface area (Å²) in [6.45, 7) is 5.01. The molecule has 0 saturated heterocycles. The molecule has 20 heavy (non-hydrogen) atoms. The van der Waals surface area contributed by atoms with Crippen molar-refractivity contribution in [3.8, 4) is 0 Å². The number of esters is 1. The number of benzene rings is 1. The summed E-state index contributed by atoms with van der Waals surface area (Å²) in [6, 6.07) is 5.05. The van der Waals surface area contributed by atoms with Crippen LogP contribution in [0.2, 0.25) is 0 Å². The minimum absolute atomic E-state index is 0.0130. The molecule has 0 heterocycles. The maximum Gasteiger partial charge on any atom is 0.338 e. The first-order valence-electron chi connectivity index (χ1n) is 5.87. The van der Waals surface area contributed by atoms with Gasteiger partial charge in [-0.1, -0.05) is 6.58 Å². The number of aromatic carboxylic acids is 1. The summed E-state index contributed by atoms with van der Waals surface area (Å²) in [5, 5.41) is 11.3. The number of carboxylic acids is 1. The van der Waals surface area contributed by atoms with E-state index in [1.54, 1.807) is 6.92 Å². The molecule has 0 aliphatic carbocycles. The molecule has 0 radical (unpaired) electrons. The second-order valence-corrected chi connectivity index (χ2v) is 4.09. The van der Waals surface area contributed by atoms with Crippen LogP contribution in [0, 0.1) is 0 Å². The Morgan fingerprint density at radius 3 is 2.35 bits per heavy atom. The van der Waals surface area contributed by atoms with Crippen molar-refractivity contribution in [2.75, 3.05) is 6.61 Å². The monoisotopic (exact) mass is 277 g/mol. The van der Waals surface area contributed by atoms with Gasteiger partial charge in [-0.2, -0.15) is 0 Å². The Morgan fingerprint density at radius 2 is 1.85 bits per heavy atom. The van der Waals surface area contributed by atoms with Crippen LogP contribution in [0.15, 0.2) is 36.9 Å². The molecule has 0 bridgehead atoms. The lowest BCUT2D eigenvalue weighted by atomic mass is 10.1. The predicted octanol–water partition coefficient (Wildman–Crippen LogP) is 1.23. The van der Waals surface area contributed by atoms with E-state index in [9.17, 15) is 14.4 Å². The van der Waals surface area contributed by atoms with Gasteiger partial charge in [0.2, 0.25) is 5.91 Å². The fourth-order valence-corrected chi connectivity index (χ4v) is 1.38. The average molecular weight is 277 g/mol. The highest BCUT2D eigenvalue weighted by Gasteiger charge is 2.11. The number of nitrogens with one attached hydrogen (secondary N) is 1. The van der Waals surface area contributed by atoms with Crippen LogP contribution in [0.4, 0.5) is 0 Å². The minimum Gasteiger partial charge on any atom is -0.478 e. The number of carbonyl (C=O) groups is 3. The lowest BCUT2D eigenvalue weighted by Gasteiger charge is -2.12. The lowest BCUT2D eigenvalue weighted by Crippen LogP contribution is -2.35. The van der Waals surface area contributed by atoms with E-state index >= 15 is 0 Å². The second kappa shape index (κ2) is 7.08. The largest absolute Gasteiger partial charge is 0.478 e. The number of hydrogen-bond donors (Lipinski definition) is 2. The average Bonchev–Trinajstić information content (AvgIpc) is 2.44. The van der Waals surface area contributed by atoms with Gasteiger partial charge in [-0.3, -0.25) is 4.79 Å². The molecule has 0 aliphatic rings. The van der Waals surface area contributed by atoms with Crippen LogP contribution in [0.3, 0.4) is 0 Å². The summed E-state index contributed by atoms with van der Waals surface area (Å²) in [5.41, 5.74) is 0.338. The molecule has 1 aromatic carbocycles. The Labute approximate surface area is 116 Å². The molecular formula is C14H15NO5. The van der Waals surface area contributed by atoms with Crippen molar-refractivity contribution in [3.63, 3.8) is 0 Å². The predicted molar refractivity (Wildman–Crippen MR) is 71.5 cm³/mol. The van der Waals surface area contributed by atoms with Gasteiger partial charge in [0.05, 0.1) is 17.2 Å². The van der Waals surface area contributed by atoms with Gasteiger partial charge in [-0.15, -0.1) is 0 Å². The summed E-state index contributed by atoms with van der Waals surface area (Å²) < 4.78 is 5.00. The van der Waals surface area contributed by atoms with Gasteiger partial charge in [-0.25, -0.2) is 9.59 Å². The van der Waals surface area contributed by atoms with Gasteiger partial charge in [0.25, 0.3) is 0 Å². The molecule has 0 fully saturated rings. The van der Waals surface area contributed by atoms with Crippen molar-refractivity contribution in [1.29, 1.82) is 0 Å². The first kappa shape index (κ1) is 15.4. The quantitative estimate of drug-likeness (QED) is 0.602. The number of ether oxygens (including phenoxy) is 1. The summed E-state index contributed by atoms with van der Waals surface area (Å²) in [4.78, 5) is 33.4. The van der Waals surface area contributed by atoms with E-state index < -0.39 is 11.9 Å². The molecule has 1 aromatic rings. The lowest BCUT2D eigenvalue weighted by molar-refractivity contribution is -0.117. The van der Waals surface area contributed by atoms with Gasteiger partial charge in [0.15, 0.2) is 0 Å². The molecule has 106 valence electrons. The van der Waals surface area contributed by atoms with Crippen molar-refractivity contribution in [3.05, 3.63) is 48.0 Å². The number of amides is 1. The summed E-state index contributed by atoms with van der Waals surface area (Å²) >= 11 is 0. The van der Waals surface area contributed by atoms with Gasteiger partial charge < -0.3 is 15.2 Å². The molecule has 0 aromatic heterocycles. The topological polar surface area (TPSA) is 92.7 Å². The maximum absolute atomic E-state index is 11.7. The van der Waals surface area contributed by atoms with E-state index in [-0.39, 0.29) is 29.7 Å². The number of carboxylic acid groups (broad SMARTS) is 1. The summed E-state index contributed by atoms with van der Waals surface area (Å²) in [6.07, 6.45) is 1.13. The molecular weight excluding hydrogens is 262 g/mol. The molecule has 1 atom stereocenters.